The van der Waals surface area contributed by atoms with Gasteiger partial charge in [0, 0.05) is 12.1 Å². The third-order valence-electron chi connectivity index (χ3n) is 4.21. The number of carbonyl (C=O) groups excluding carboxylic acids is 1. The van der Waals surface area contributed by atoms with Gasteiger partial charge in [-0.05, 0) is 55.7 Å². The van der Waals surface area contributed by atoms with Crippen LogP contribution in [0.2, 0.25) is 0 Å². The zero-order valence-corrected chi connectivity index (χ0v) is 16.3. The summed E-state index contributed by atoms with van der Waals surface area (Å²) in [4.78, 5) is 12.2. The number of nitrogens with one attached hydrogen (secondary N) is 2. The largest absolute Gasteiger partial charge is 0.352 e. The molecule has 0 aliphatic rings. The molecule has 0 saturated heterocycles. The Morgan fingerprint density at radius 2 is 1.58 bits per heavy atom. The van der Waals surface area contributed by atoms with E-state index >= 15 is 0 Å². The Morgan fingerprint density at radius 1 is 0.962 bits per heavy atom. The molecule has 0 fully saturated rings. The van der Waals surface area contributed by atoms with Crippen molar-refractivity contribution in [1.29, 1.82) is 0 Å². The monoisotopic (exact) mass is 374 g/mol. The van der Waals surface area contributed by atoms with Crippen molar-refractivity contribution >= 4 is 21.6 Å². The van der Waals surface area contributed by atoms with Gasteiger partial charge < -0.3 is 5.32 Å². The molecule has 0 unspecified atom stereocenters. The minimum absolute atomic E-state index is 0.127. The molecule has 5 nitrogen and oxygen atoms in total. The summed E-state index contributed by atoms with van der Waals surface area (Å²) in [6, 6.07) is 11.6. The van der Waals surface area contributed by atoms with Gasteiger partial charge in [-0.25, -0.2) is 8.42 Å². The number of rotatable bonds is 8. The number of aryl methyl sites for hydroxylation is 2. The molecule has 0 bridgehead atoms. The molecule has 6 heteroatoms. The number of sulfonamides is 1. The number of carbonyl (C=O) groups is 1. The highest BCUT2D eigenvalue weighted by Gasteiger charge is 2.17. The smallest absolute Gasteiger partial charge is 0.261 e. The second-order valence-electron chi connectivity index (χ2n) is 6.36. The summed E-state index contributed by atoms with van der Waals surface area (Å²) in [7, 11) is -3.71. The predicted octanol–water partition coefficient (Wildman–Crippen LogP) is 4.02. The molecule has 1 amide bonds. The van der Waals surface area contributed by atoms with E-state index in [4.69, 9.17) is 0 Å². The van der Waals surface area contributed by atoms with E-state index in [2.05, 4.69) is 17.0 Å². The first-order valence-corrected chi connectivity index (χ1v) is 10.3. The van der Waals surface area contributed by atoms with Crippen molar-refractivity contribution < 1.29 is 13.2 Å². The van der Waals surface area contributed by atoms with Crippen molar-refractivity contribution in [3.8, 4) is 0 Å². The zero-order valence-electron chi connectivity index (χ0n) is 15.5. The molecule has 2 N–H and O–H groups in total. The minimum Gasteiger partial charge on any atom is -0.352 e. The molecule has 0 saturated carbocycles. The molecule has 0 radical (unpaired) electrons. The van der Waals surface area contributed by atoms with E-state index in [9.17, 15) is 13.2 Å². The lowest BCUT2D eigenvalue weighted by Crippen LogP contribution is -2.24. The maximum absolute atomic E-state index is 12.6. The third-order valence-corrected chi connectivity index (χ3v) is 5.58. The van der Waals surface area contributed by atoms with Gasteiger partial charge in [0.2, 0.25) is 0 Å². The van der Waals surface area contributed by atoms with Crippen molar-refractivity contribution in [2.24, 2.45) is 0 Å². The molecule has 26 heavy (non-hydrogen) atoms. The molecule has 2 rings (SSSR count). The van der Waals surface area contributed by atoms with E-state index in [1.165, 1.54) is 24.3 Å². The number of anilines is 1. The first-order chi connectivity index (χ1) is 12.3. The van der Waals surface area contributed by atoms with Gasteiger partial charge in [-0.2, -0.15) is 0 Å². The maximum atomic E-state index is 12.6. The van der Waals surface area contributed by atoms with Crippen LogP contribution in [0.4, 0.5) is 5.69 Å². The number of hydrogen-bond donors (Lipinski definition) is 2. The van der Waals surface area contributed by atoms with Crippen LogP contribution in [0.15, 0.2) is 47.4 Å². The summed E-state index contributed by atoms with van der Waals surface area (Å²) in [6.45, 7) is 6.45. The first-order valence-electron chi connectivity index (χ1n) is 8.82. The highest BCUT2D eigenvalue weighted by atomic mass is 32.2. The van der Waals surface area contributed by atoms with E-state index in [1.54, 1.807) is 0 Å². The quantitative estimate of drug-likeness (QED) is 0.685. The van der Waals surface area contributed by atoms with Gasteiger partial charge in [0.25, 0.3) is 15.9 Å². The fourth-order valence-electron chi connectivity index (χ4n) is 2.63. The van der Waals surface area contributed by atoms with Crippen molar-refractivity contribution in [3.63, 3.8) is 0 Å². The van der Waals surface area contributed by atoms with E-state index in [0.717, 1.165) is 30.4 Å². The van der Waals surface area contributed by atoms with Crippen molar-refractivity contribution in [2.75, 3.05) is 11.3 Å². The van der Waals surface area contributed by atoms with E-state index in [-0.39, 0.29) is 10.8 Å². The van der Waals surface area contributed by atoms with Crippen LogP contribution in [-0.2, 0) is 10.0 Å². The van der Waals surface area contributed by atoms with Crippen LogP contribution in [0, 0.1) is 13.8 Å². The predicted molar refractivity (Wildman–Crippen MR) is 105 cm³/mol. The fraction of sp³-hybridized carbons (Fsp3) is 0.350. The van der Waals surface area contributed by atoms with Crippen molar-refractivity contribution in [1.82, 2.24) is 5.32 Å². The number of hydrogen-bond acceptors (Lipinski definition) is 3. The molecule has 0 aromatic heterocycles. The van der Waals surface area contributed by atoms with Crippen LogP contribution in [0.5, 0.6) is 0 Å². The Hall–Kier alpha value is -2.34. The highest BCUT2D eigenvalue weighted by Crippen LogP contribution is 2.23. The van der Waals surface area contributed by atoms with E-state index in [0.29, 0.717) is 17.8 Å². The van der Waals surface area contributed by atoms with Gasteiger partial charge in [0.15, 0.2) is 0 Å². The second kappa shape index (κ2) is 8.85. The van der Waals surface area contributed by atoms with Crippen molar-refractivity contribution in [2.45, 2.75) is 44.9 Å². The summed E-state index contributed by atoms with van der Waals surface area (Å²) >= 11 is 0. The Kier molecular flexibility index (Phi) is 6.80. The maximum Gasteiger partial charge on any atom is 0.261 e. The average molecular weight is 375 g/mol. The summed E-state index contributed by atoms with van der Waals surface area (Å²) in [5.41, 5.74) is 2.76. The average Bonchev–Trinajstić information content (AvgIpc) is 2.62. The molecule has 140 valence electrons. The number of benzene rings is 2. The van der Waals surface area contributed by atoms with Crippen LogP contribution in [0.25, 0.3) is 0 Å². The zero-order chi connectivity index (χ0) is 19.2. The number of para-hydroxylation sites is 1. The normalized spacial score (nSPS) is 11.2. The second-order valence-corrected chi connectivity index (χ2v) is 8.04. The molecular weight excluding hydrogens is 348 g/mol. The van der Waals surface area contributed by atoms with Gasteiger partial charge in [0.05, 0.1) is 10.6 Å². The Bertz CT molecular complexity index is 839. The summed E-state index contributed by atoms with van der Waals surface area (Å²) < 4.78 is 27.9. The number of unbranched alkanes of at least 4 members (excludes halogenated alkanes) is 2. The van der Waals surface area contributed by atoms with E-state index < -0.39 is 10.0 Å². The van der Waals surface area contributed by atoms with Gasteiger partial charge in [0.1, 0.15) is 0 Å². The molecule has 2 aromatic carbocycles. The Balaban J connectivity index is 2.10. The van der Waals surface area contributed by atoms with Crippen LogP contribution in [0.1, 0.15) is 47.7 Å². The summed E-state index contributed by atoms with van der Waals surface area (Å²) in [5.74, 6) is -0.187. The highest BCUT2D eigenvalue weighted by molar-refractivity contribution is 7.92. The van der Waals surface area contributed by atoms with Crippen LogP contribution < -0.4 is 10.0 Å². The topological polar surface area (TPSA) is 75.3 Å². The van der Waals surface area contributed by atoms with Gasteiger partial charge in [-0.1, -0.05) is 38.0 Å². The Morgan fingerprint density at radius 3 is 2.15 bits per heavy atom. The molecule has 2 aromatic rings. The standard InChI is InChI=1S/C20H26N2O3S/c1-4-5-6-14-21-20(23)17-10-12-18(13-11-17)26(24,25)22-19-15(2)8-7-9-16(19)3/h7-13,22H,4-6,14H2,1-3H3,(H,21,23). The lowest BCUT2D eigenvalue weighted by molar-refractivity contribution is 0.0953. The fourth-order valence-corrected chi connectivity index (χ4v) is 3.84. The summed E-state index contributed by atoms with van der Waals surface area (Å²) in [5, 5.41) is 2.84. The molecule has 0 aliphatic heterocycles. The van der Waals surface area contributed by atoms with Crippen LogP contribution in [-0.4, -0.2) is 20.9 Å². The summed E-state index contributed by atoms with van der Waals surface area (Å²) in [6.07, 6.45) is 3.10. The Labute approximate surface area is 155 Å². The SMILES string of the molecule is CCCCCNC(=O)c1ccc(S(=O)(=O)Nc2c(C)cccc2C)cc1. The molecule has 0 spiro atoms. The third kappa shape index (κ3) is 5.08. The van der Waals surface area contributed by atoms with Crippen LogP contribution in [0.3, 0.4) is 0 Å². The number of amides is 1. The van der Waals surface area contributed by atoms with E-state index in [1.807, 2.05) is 32.0 Å². The minimum atomic E-state index is -3.71. The molecule has 0 heterocycles. The lowest BCUT2D eigenvalue weighted by Gasteiger charge is -2.13. The molecule has 0 aliphatic carbocycles. The lowest BCUT2D eigenvalue weighted by atomic mass is 10.1. The van der Waals surface area contributed by atoms with Gasteiger partial charge >= 0.3 is 0 Å². The first kappa shape index (κ1) is 20.0. The molecule has 0 atom stereocenters. The molecular formula is C20H26N2O3S. The van der Waals surface area contributed by atoms with Gasteiger partial charge in [-0.15, -0.1) is 0 Å². The van der Waals surface area contributed by atoms with Crippen molar-refractivity contribution in [3.05, 3.63) is 59.2 Å². The van der Waals surface area contributed by atoms with Crippen LogP contribution >= 0.6 is 0 Å². The van der Waals surface area contributed by atoms with Gasteiger partial charge in [-0.3, -0.25) is 9.52 Å².